The summed E-state index contributed by atoms with van der Waals surface area (Å²) in [5.41, 5.74) is 0.499. The van der Waals surface area contributed by atoms with E-state index in [2.05, 4.69) is 4.98 Å². The topological polar surface area (TPSA) is 62.7 Å². The lowest BCUT2D eigenvalue weighted by Gasteiger charge is -2.35. The van der Waals surface area contributed by atoms with Crippen LogP contribution in [0, 0.1) is 0 Å². The van der Waals surface area contributed by atoms with E-state index in [0.29, 0.717) is 17.3 Å². The average Bonchev–Trinajstić information content (AvgIpc) is 2.56. The van der Waals surface area contributed by atoms with Crippen molar-refractivity contribution in [3.63, 3.8) is 0 Å². The van der Waals surface area contributed by atoms with Gasteiger partial charge in [-0.05, 0) is 36.5 Å². The lowest BCUT2D eigenvalue weighted by atomic mass is 10.2. The maximum atomic E-state index is 12.4. The Hall–Kier alpha value is -2.80. The van der Waals surface area contributed by atoms with E-state index in [1.807, 2.05) is 0 Å². The third-order valence-corrected chi connectivity index (χ3v) is 3.75. The van der Waals surface area contributed by atoms with Gasteiger partial charge in [0.1, 0.15) is 18.0 Å². The van der Waals surface area contributed by atoms with Crippen molar-refractivity contribution in [1.82, 2.24) is 4.98 Å². The van der Waals surface area contributed by atoms with Crippen molar-refractivity contribution in [2.24, 2.45) is 0 Å². The highest BCUT2D eigenvalue weighted by molar-refractivity contribution is 7.81. The summed E-state index contributed by atoms with van der Waals surface area (Å²) in [5, 5.41) is 0.0643. The molecule has 1 aromatic heterocycles. The van der Waals surface area contributed by atoms with Gasteiger partial charge in [-0.15, -0.1) is 0 Å². The molecule has 2 amide bonds. The highest BCUT2D eigenvalue weighted by atomic mass is 32.1. The van der Waals surface area contributed by atoms with Crippen LogP contribution in [0.5, 0.6) is 5.75 Å². The highest BCUT2D eigenvalue weighted by Crippen LogP contribution is 2.32. The molecule has 0 atom stereocenters. The smallest absolute Gasteiger partial charge is 0.244 e. The first kappa shape index (κ1) is 15.1. The van der Waals surface area contributed by atoms with Crippen molar-refractivity contribution >= 4 is 40.6 Å². The number of hydrogen-bond donors (Lipinski definition) is 0. The molecule has 2 heterocycles. The maximum absolute atomic E-state index is 12.4. The molecule has 0 radical (unpaired) electrons. The number of para-hydroxylation sites is 2. The van der Waals surface area contributed by atoms with Crippen molar-refractivity contribution in [3.05, 3.63) is 48.7 Å². The van der Waals surface area contributed by atoms with Crippen molar-refractivity contribution in [2.45, 2.75) is 6.42 Å². The Morgan fingerprint density at radius 3 is 2.43 bits per heavy atom. The Morgan fingerprint density at radius 1 is 1.04 bits per heavy atom. The number of carbonyl (C=O) groups is 2. The van der Waals surface area contributed by atoms with Crippen LogP contribution in [-0.4, -0.2) is 29.0 Å². The largest absolute Gasteiger partial charge is 0.495 e. The van der Waals surface area contributed by atoms with E-state index in [0.717, 1.165) is 0 Å². The molecule has 0 unspecified atom stereocenters. The summed E-state index contributed by atoms with van der Waals surface area (Å²) < 4.78 is 5.29. The van der Waals surface area contributed by atoms with Crippen molar-refractivity contribution < 1.29 is 14.3 Å². The zero-order valence-corrected chi connectivity index (χ0v) is 13.1. The molecular formula is C16H13N3O3S. The van der Waals surface area contributed by atoms with Gasteiger partial charge in [0.05, 0.1) is 12.8 Å². The summed E-state index contributed by atoms with van der Waals surface area (Å²) in [6, 6.07) is 12.2. The second-order valence-electron chi connectivity index (χ2n) is 4.78. The summed E-state index contributed by atoms with van der Waals surface area (Å²) in [6.45, 7) is 0. The van der Waals surface area contributed by atoms with E-state index in [4.69, 9.17) is 17.0 Å². The summed E-state index contributed by atoms with van der Waals surface area (Å²) in [4.78, 5) is 31.4. The van der Waals surface area contributed by atoms with Crippen molar-refractivity contribution in [3.8, 4) is 5.75 Å². The number of rotatable bonds is 3. The fourth-order valence-electron chi connectivity index (χ4n) is 2.36. The molecule has 116 valence electrons. The van der Waals surface area contributed by atoms with E-state index in [-0.39, 0.29) is 11.5 Å². The Bertz CT molecular complexity index is 779. The molecule has 0 spiro atoms. The molecule has 23 heavy (non-hydrogen) atoms. The first-order valence-electron chi connectivity index (χ1n) is 6.87. The van der Waals surface area contributed by atoms with Crippen LogP contribution >= 0.6 is 12.2 Å². The van der Waals surface area contributed by atoms with Crippen LogP contribution in [-0.2, 0) is 9.59 Å². The second-order valence-corrected chi connectivity index (χ2v) is 5.14. The van der Waals surface area contributed by atoms with Gasteiger partial charge in [0.15, 0.2) is 5.11 Å². The van der Waals surface area contributed by atoms with Gasteiger partial charge >= 0.3 is 0 Å². The minimum Gasteiger partial charge on any atom is -0.495 e. The van der Waals surface area contributed by atoms with Crippen LogP contribution in [0.4, 0.5) is 11.5 Å². The number of methoxy groups -OCH3 is 1. The third kappa shape index (κ3) is 2.66. The molecule has 2 aromatic rings. The number of ether oxygens (including phenoxy) is 1. The van der Waals surface area contributed by atoms with E-state index < -0.39 is 11.8 Å². The molecule has 1 aromatic carbocycles. The molecule has 1 saturated heterocycles. The van der Waals surface area contributed by atoms with Gasteiger partial charge < -0.3 is 4.74 Å². The molecule has 7 heteroatoms. The first-order valence-corrected chi connectivity index (χ1v) is 7.28. The number of nitrogens with zero attached hydrogens (tertiary/aromatic N) is 3. The monoisotopic (exact) mass is 327 g/mol. The number of benzene rings is 1. The molecular weight excluding hydrogens is 314 g/mol. The Balaban J connectivity index is 2.06. The van der Waals surface area contributed by atoms with E-state index in [1.165, 1.54) is 16.9 Å². The third-order valence-electron chi connectivity index (χ3n) is 3.39. The number of thiocarbonyl (C=S) groups is 1. The van der Waals surface area contributed by atoms with Gasteiger partial charge in [0.2, 0.25) is 11.8 Å². The predicted octanol–water partition coefficient (Wildman–Crippen LogP) is 2.14. The average molecular weight is 327 g/mol. The molecule has 0 bridgehead atoms. The second kappa shape index (κ2) is 6.13. The molecule has 1 aliphatic heterocycles. The van der Waals surface area contributed by atoms with Crippen LogP contribution < -0.4 is 14.5 Å². The fourth-order valence-corrected chi connectivity index (χ4v) is 2.76. The fraction of sp³-hybridized carbons (Fsp3) is 0.125. The number of pyridine rings is 1. The molecule has 0 saturated carbocycles. The molecule has 1 aliphatic rings. The lowest BCUT2D eigenvalue weighted by Crippen LogP contribution is -2.55. The number of carbonyl (C=O) groups excluding carboxylic acids is 2. The number of aromatic nitrogens is 1. The summed E-state index contributed by atoms with van der Waals surface area (Å²) in [7, 11) is 1.51. The van der Waals surface area contributed by atoms with Crippen LogP contribution in [0.15, 0.2) is 48.7 Å². The van der Waals surface area contributed by atoms with E-state index >= 15 is 0 Å². The highest BCUT2D eigenvalue weighted by Gasteiger charge is 2.38. The first-order chi connectivity index (χ1) is 11.1. The van der Waals surface area contributed by atoms with Crippen LogP contribution in [0.2, 0.25) is 0 Å². The number of hydrogen-bond acceptors (Lipinski definition) is 5. The summed E-state index contributed by atoms with van der Waals surface area (Å²) >= 11 is 5.39. The minimum absolute atomic E-state index is 0.0643. The minimum atomic E-state index is -0.398. The maximum Gasteiger partial charge on any atom is 0.244 e. The van der Waals surface area contributed by atoms with Crippen molar-refractivity contribution in [2.75, 3.05) is 16.9 Å². The quantitative estimate of drug-likeness (QED) is 0.638. The molecule has 0 N–H and O–H groups in total. The molecule has 6 nitrogen and oxygen atoms in total. The molecule has 0 aliphatic carbocycles. The van der Waals surface area contributed by atoms with Gasteiger partial charge in [-0.1, -0.05) is 18.2 Å². The van der Waals surface area contributed by atoms with Crippen molar-refractivity contribution in [1.29, 1.82) is 0 Å². The normalized spacial score (nSPS) is 15.1. The Morgan fingerprint density at radius 2 is 1.74 bits per heavy atom. The summed E-state index contributed by atoms with van der Waals surface area (Å²) in [6.07, 6.45) is 1.28. The van der Waals surface area contributed by atoms with Crippen LogP contribution in [0.1, 0.15) is 6.42 Å². The zero-order valence-electron chi connectivity index (χ0n) is 12.3. The Kier molecular flexibility index (Phi) is 4.03. The van der Waals surface area contributed by atoms with Gasteiger partial charge in [0.25, 0.3) is 0 Å². The van der Waals surface area contributed by atoms with E-state index in [9.17, 15) is 9.59 Å². The summed E-state index contributed by atoms with van der Waals surface area (Å²) in [5.74, 6) is 0.0925. The lowest BCUT2D eigenvalue weighted by molar-refractivity contribution is -0.126. The van der Waals surface area contributed by atoms with Crippen LogP contribution in [0.3, 0.4) is 0 Å². The Labute approximate surface area is 138 Å². The van der Waals surface area contributed by atoms with Gasteiger partial charge in [-0.2, -0.15) is 0 Å². The standard InChI is InChI=1S/C16H13N3O3S/c1-22-12-7-3-2-6-11(12)18-14(20)10-15(21)19(16(18)23)13-8-4-5-9-17-13/h2-9H,10H2,1H3. The van der Waals surface area contributed by atoms with Crippen LogP contribution in [0.25, 0.3) is 0 Å². The van der Waals surface area contributed by atoms with Gasteiger partial charge in [-0.25, -0.2) is 9.88 Å². The molecule has 1 fully saturated rings. The SMILES string of the molecule is COc1ccccc1N1C(=O)CC(=O)N(c2ccccn2)C1=S. The number of amides is 2. The number of anilines is 2. The van der Waals surface area contributed by atoms with E-state index in [1.54, 1.807) is 48.7 Å². The zero-order chi connectivity index (χ0) is 16.4. The molecule has 3 rings (SSSR count). The van der Waals surface area contributed by atoms with Gasteiger partial charge in [0, 0.05) is 6.20 Å². The van der Waals surface area contributed by atoms with Gasteiger partial charge in [-0.3, -0.25) is 14.5 Å². The predicted molar refractivity (Wildman–Crippen MR) is 89.4 cm³/mol.